The highest BCUT2D eigenvalue weighted by Gasteiger charge is 2.26. The maximum Gasteiger partial charge on any atom is 0.253 e. The second kappa shape index (κ2) is 6.01. The van der Waals surface area contributed by atoms with E-state index in [1.165, 1.54) is 5.56 Å². The van der Waals surface area contributed by atoms with Crippen molar-refractivity contribution in [2.45, 2.75) is 19.8 Å². The Balaban J connectivity index is 1.98. The van der Waals surface area contributed by atoms with Crippen LogP contribution in [0, 0.1) is 5.92 Å². The van der Waals surface area contributed by atoms with Crippen molar-refractivity contribution in [2.75, 3.05) is 26.7 Å². The molecule has 1 amide bonds. The smallest absolute Gasteiger partial charge is 0.253 e. The summed E-state index contributed by atoms with van der Waals surface area (Å²) < 4.78 is 0. The Morgan fingerprint density at radius 2 is 2.11 bits per heavy atom. The molecular weight excluding hydrogens is 224 g/mol. The van der Waals surface area contributed by atoms with Gasteiger partial charge in [-0.15, -0.1) is 0 Å². The molecule has 0 aliphatic carbocycles. The Morgan fingerprint density at radius 3 is 2.72 bits per heavy atom. The van der Waals surface area contributed by atoms with Crippen molar-refractivity contribution in [2.24, 2.45) is 5.92 Å². The highest BCUT2D eigenvalue weighted by atomic mass is 16.2. The Kier molecular flexibility index (Phi) is 4.37. The minimum Gasteiger partial charge on any atom is -0.338 e. The van der Waals surface area contributed by atoms with E-state index < -0.39 is 0 Å². The summed E-state index contributed by atoms with van der Waals surface area (Å²) >= 11 is 0. The zero-order chi connectivity index (χ0) is 13.0. The van der Waals surface area contributed by atoms with Gasteiger partial charge in [-0.1, -0.05) is 19.1 Å². The van der Waals surface area contributed by atoms with Crippen molar-refractivity contribution >= 4 is 5.91 Å². The number of nitrogens with zero attached hydrogens (tertiary/aromatic N) is 1. The third kappa shape index (κ3) is 2.91. The second-order valence-corrected chi connectivity index (χ2v) is 5.01. The third-order valence-corrected chi connectivity index (χ3v) is 3.67. The van der Waals surface area contributed by atoms with Crippen LogP contribution in [-0.2, 0) is 6.42 Å². The van der Waals surface area contributed by atoms with E-state index in [0.29, 0.717) is 5.92 Å². The van der Waals surface area contributed by atoms with Gasteiger partial charge in [0.15, 0.2) is 0 Å². The third-order valence-electron chi connectivity index (χ3n) is 3.67. The predicted octanol–water partition coefficient (Wildman–Crippen LogP) is 1.93. The first kappa shape index (κ1) is 13.1. The van der Waals surface area contributed by atoms with Gasteiger partial charge in [-0.3, -0.25) is 4.79 Å². The number of nitrogens with one attached hydrogen (secondary N) is 1. The molecule has 1 N–H and O–H groups in total. The average Bonchev–Trinajstić information content (AvgIpc) is 2.87. The van der Waals surface area contributed by atoms with Gasteiger partial charge < -0.3 is 10.2 Å². The molecule has 2 rings (SSSR count). The molecule has 1 atom stereocenters. The van der Waals surface area contributed by atoms with Gasteiger partial charge in [-0.05, 0) is 50.0 Å². The van der Waals surface area contributed by atoms with Crippen molar-refractivity contribution in [3.63, 3.8) is 0 Å². The minimum absolute atomic E-state index is 0.177. The summed E-state index contributed by atoms with van der Waals surface area (Å²) in [5, 5.41) is 3.19. The topological polar surface area (TPSA) is 32.3 Å². The number of rotatable bonds is 4. The van der Waals surface area contributed by atoms with Crippen LogP contribution >= 0.6 is 0 Å². The van der Waals surface area contributed by atoms with Crippen molar-refractivity contribution in [1.82, 2.24) is 10.2 Å². The van der Waals surface area contributed by atoms with E-state index in [4.69, 9.17) is 0 Å². The lowest BCUT2D eigenvalue weighted by molar-refractivity contribution is 0.0787. The standard InChI is InChI=1S/C15H22N2O/c1-3-12-4-6-14(7-5-12)15(18)17-9-8-13(11-17)10-16-2/h4-7,13,16H,3,8-11H2,1-2H3. The SMILES string of the molecule is CCc1ccc(C(=O)N2CCC(CNC)C2)cc1. The summed E-state index contributed by atoms with van der Waals surface area (Å²) in [5.41, 5.74) is 2.10. The second-order valence-electron chi connectivity index (χ2n) is 5.01. The summed E-state index contributed by atoms with van der Waals surface area (Å²) in [5.74, 6) is 0.783. The lowest BCUT2D eigenvalue weighted by Crippen LogP contribution is -2.30. The van der Waals surface area contributed by atoms with Crippen LogP contribution in [-0.4, -0.2) is 37.5 Å². The van der Waals surface area contributed by atoms with Crippen LogP contribution in [0.2, 0.25) is 0 Å². The van der Waals surface area contributed by atoms with Crippen LogP contribution in [0.3, 0.4) is 0 Å². The first-order chi connectivity index (χ1) is 8.74. The summed E-state index contributed by atoms with van der Waals surface area (Å²) in [6.45, 7) is 4.90. The number of benzene rings is 1. The van der Waals surface area contributed by atoms with Gasteiger partial charge in [0.2, 0.25) is 0 Å². The normalized spacial score (nSPS) is 19.2. The van der Waals surface area contributed by atoms with Gasteiger partial charge in [-0.25, -0.2) is 0 Å². The van der Waals surface area contributed by atoms with E-state index in [-0.39, 0.29) is 5.91 Å². The Morgan fingerprint density at radius 1 is 1.39 bits per heavy atom. The minimum atomic E-state index is 0.177. The van der Waals surface area contributed by atoms with Crippen molar-refractivity contribution in [3.05, 3.63) is 35.4 Å². The van der Waals surface area contributed by atoms with Gasteiger partial charge in [-0.2, -0.15) is 0 Å². The quantitative estimate of drug-likeness (QED) is 0.880. The molecule has 1 saturated heterocycles. The number of likely N-dealkylation sites (tertiary alicyclic amines) is 1. The van der Waals surface area contributed by atoms with E-state index in [1.54, 1.807) is 0 Å². The van der Waals surface area contributed by atoms with Gasteiger partial charge in [0, 0.05) is 18.7 Å². The molecule has 0 saturated carbocycles. The van der Waals surface area contributed by atoms with Crippen LogP contribution in [0.4, 0.5) is 0 Å². The van der Waals surface area contributed by atoms with Crippen LogP contribution in [0.1, 0.15) is 29.3 Å². The largest absolute Gasteiger partial charge is 0.338 e. The Bertz CT molecular complexity index is 399. The average molecular weight is 246 g/mol. The first-order valence-corrected chi connectivity index (χ1v) is 6.77. The molecule has 3 nitrogen and oxygen atoms in total. The van der Waals surface area contributed by atoms with Crippen molar-refractivity contribution in [1.29, 1.82) is 0 Å². The molecule has 1 heterocycles. The zero-order valence-corrected chi connectivity index (χ0v) is 11.3. The Labute approximate surface area is 109 Å². The van der Waals surface area contributed by atoms with Crippen molar-refractivity contribution < 1.29 is 4.79 Å². The molecule has 0 radical (unpaired) electrons. The first-order valence-electron chi connectivity index (χ1n) is 6.77. The fourth-order valence-electron chi connectivity index (χ4n) is 2.54. The van der Waals surface area contributed by atoms with Crippen LogP contribution < -0.4 is 5.32 Å². The van der Waals surface area contributed by atoms with Gasteiger partial charge >= 0.3 is 0 Å². The molecule has 1 aromatic rings. The van der Waals surface area contributed by atoms with Crippen LogP contribution in [0.15, 0.2) is 24.3 Å². The highest BCUT2D eigenvalue weighted by molar-refractivity contribution is 5.94. The van der Waals surface area contributed by atoms with E-state index >= 15 is 0 Å². The Hall–Kier alpha value is -1.35. The molecular formula is C15H22N2O. The summed E-state index contributed by atoms with van der Waals surface area (Å²) in [7, 11) is 1.97. The molecule has 1 aliphatic rings. The van der Waals surface area contributed by atoms with Gasteiger partial charge in [0.1, 0.15) is 0 Å². The molecule has 3 heteroatoms. The lowest BCUT2D eigenvalue weighted by Gasteiger charge is -2.16. The number of hydrogen-bond acceptors (Lipinski definition) is 2. The van der Waals surface area contributed by atoms with Crippen LogP contribution in [0.25, 0.3) is 0 Å². The van der Waals surface area contributed by atoms with E-state index in [9.17, 15) is 4.79 Å². The number of carbonyl (C=O) groups is 1. The fraction of sp³-hybridized carbons (Fsp3) is 0.533. The van der Waals surface area contributed by atoms with Gasteiger partial charge in [0.05, 0.1) is 0 Å². The predicted molar refractivity (Wildman–Crippen MR) is 73.8 cm³/mol. The highest BCUT2D eigenvalue weighted by Crippen LogP contribution is 2.18. The van der Waals surface area contributed by atoms with E-state index in [0.717, 1.165) is 38.0 Å². The zero-order valence-electron chi connectivity index (χ0n) is 11.3. The molecule has 0 spiro atoms. The molecule has 1 aliphatic heterocycles. The molecule has 1 unspecified atom stereocenters. The molecule has 0 aromatic heterocycles. The number of carbonyl (C=O) groups excluding carboxylic acids is 1. The molecule has 0 bridgehead atoms. The number of hydrogen-bond donors (Lipinski definition) is 1. The molecule has 18 heavy (non-hydrogen) atoms. The summed E-state index contributed by atoms with van der Waals surface area (Å²) in [6, 6.07) is 8.00. The maximum absolute atomic E-state index is 12.3. The van der Waals surface area contributed by atoms with Gasteiger partial charge in [0.25, 0.3) is 5.91 Å². The number of aryl methyl sites for hydroxylation is 1. The summed E-state index contributed by atoms with van der Waals surface area (Å²) in [6.07, 6.45) is 2.13. The molecule has 98 valence electrons. The van der Waals surface area contributed by atoms with E-state index in [1.807, 2.05) is 36.2 Å². The van der Waals surface area contributed by atoms with Crippen molar-refractivity contribution in [3.8, 4) is 0 Å². The fourth-order valence-corrected chi connectivity index (χ4v) is 2.54. The number of amides is 1. The molecule has 1 aromatic carbocycles. The summed E-state index contributed by atoms with van der Waals surface area (Å²) in [4.78, 5) is 14.3. The maximum atomic E-state index is 12.3. The van der Waals surface area contributed by atoms with E-state index in [2.05, 4.69) is 12.2 Å². The lowest BCUT2D eigenvalue weighted by atomic mass is 10.1. The monoisotopic (exact) mass is 246 g/mol. The molecule has 1 fully saturated rings. The van der Waals surface area contributed by atoms with Crippen LogP contribution in [0.5, 0.6) is 0 Å².